The van der Waals surface area contributed by atoms with Gasteiger partial charge in [0.25, 0.3) is 0 Å². The Bertz CT molecular complexity index is 2500. The van der Waals surface area contributed by atoms with Gasteiger partial charge in [-0.1, -0.05) is 146 Å². The van der Waals surface area contributed by atoms with Crippen molar-refractivity contribution in [3.63, 3.8) is 0 Å². The van der Waals surface area contributed by atoms with Gasteiger partial charge < -0.3 is 0 Å². The van der Waals surface area contributed by atoms with Crippen molar-refractivity contribution in [2.75, 3.05) is 0 Å². The molecule has 0 N–H and O–H groups in total. The summed E-state index contributed by atoms with van der Waals surface area (Å²) >= 11 is 0. The van der Waals surface area contributed by atoms with E-state index < -0.39 is 0 Å². The lowest BCUT2D eigenvalue weighted by Crippen LogP contribution is -1.94. The number of hydrogen-bond acceptors (Lipinski definition) is 1. The summed E-state index contributed by atoms with van der Waals surface area (Å²) in [5, 5.41) is 12.4. The highest BCUT2D eigenvalue weighted by molar-refractivity contribution is 6.21. The van der Waals surface area contributed by atoms with Crippen LogP contribution in [0, 0.1) is 0 Å². The molecule has 44 heavy (non-hydrogen) atoms. The fraction of sp³-hybridized carbons (Fsp3) is 0. The summed E-state index contributed by atoms with van der Waals surface area (Å²) in [7, 11) is 0. The average Bonchev–Trinajstić information content (AvgIpc) is 3.10. The molecule has 0 fully saturated rings. The van der Waals surface area contributed by atoms with Crippen LogP contribution in [-0.2, 0) is 0 Å². The van der Waals surface area contributed by atoms with Gasteiger partial charge in [0.15, 0.2) is 0 Å². The molecule has 9 rings (SSSR count). The molecule has 204 valence electrons. The van der Waals surface area contributed by atoms with Crippen LogP contribution in [0.5, 0.6) is 0 Å². The maximum atomic E-state index is 5.39. The largest absolute Gasteiger partial charge is 0.248 e. The van der Waals surface area contributed by atoms with Crippen LogP contribution in [0.25, 0.3) is 87.5 Å². The average molecular weight is 558 g/mol. The molecule has 0 saturated heterocycles. The Hall–Kier alpha value is -5.79. The molecule has 0 radical (unpaired) electrons. The number of rotatable bonds is 3. The molecule has 0 amide bonds. The molecule has 1 heterocycles. The van der Waals surface area contributed by atoms with Crippen LogP contribution >= 0.6 is 0 Å². The quantitative estimate of drug-likeness (QED) is 0.155. The van der Waals surface area contributed by atoms with Crippen LogP contribution in [0.2, 0.25) is 0 Å². The first-order valence-corrected chi connectivity index (χ1v) is 15.1. The van der Waals surface area contributed by atoms with E-state index in [1.807, 2.05) is 0 Å². The van der Waals surface area contributed by atoms with E-state index in [-0.39, 0.29) is 0 Å². The molecule has 8 aromatic carbocycles. The van der Waals surface area contributed by atoms with E-state index in [9.17, 15) is 0 Å². The Morgan fingerprint density at radius 3 is 1.59 bits per heavy atom. The Kier molecular flexibility index (Phi) is 5.57. The molecule has 0 aliphatic carbocycles. The summed E-state index contributed by atoms with van der Waals surface area (Å²) in [5.74, 6) is 0. The normalized spacial score (nSPS) is 11.6. The molecule has 1 aromatic heterocycles. The van der Waals surface area contributed by atoms with Crippen molar-refractivity contribution < 1.29 is 0 Å². The summed E-state index contributed by atoms with van der Waals surface area (Å²) in [6.45, 7) is 0. The summed E-state index contributed by atoms with van der Waals surface area (Å²) in [5.41, 5.74) is 6.79. The maximum absolute atomic E-state index is 5.39. The molecule has 0 atom stereocenters. The van der Waals surface area contributed by atoms with Crippen molar-refractivity contribution >= 4 is 53.9 Å². The highest BCUT2D eigenvalue weighted by atomic mass is 14.7. The van der Waals surface area contributed by atoms with Gasteiger partial charge in [0.2, 0.25) is 0 Å². The van der Waals surface area contributed by atoms with Gasteiger partial charge in [-0.2, -0.15) is 0 Å². The second-order valence-corrected chi connectivity index (χ2v) is 11.5. The first kappa shape index (κ1) is 24.8. The maximum Gasteiger partial charge on any atom is 0.0722 e. The number of nitrogens with zero attached hydrogens (tertiary/aromatic N) is 1. The lowest BCUT2D eigenvalue weighted by molar-refractivity contribution is 1.34. The summed E-state index contributed by atoms with van der Waals surface area (Å²) in [6.07, 6.45) is 0. The van der Waals surface area contributed by atoms with E-state index in [1.54, 1.807) is 0 Å². The van der Waals surface area contributed by atoms with Crippen molar-refractivity contribution in [2.45, 2.75) is 0 Å². The standard InChI is InChI=1S/C43H27N/c1-2-13-30-27-31(24-23-28(30)11-1)42-36-15-5-7-17-38(36)43(39-18-8-6-16-37(39)42)41-22-10-21-40(44-41)35-20-9-19-33-32-14-4-3-12-29(32)25-26-34(33)35/h1-27H. The SMILES string of the molecule is c1cc(-c2c3ccccc3c(-c3ccc4ccccc4c3)c3ccccc23)nc(-c2cccc3c2ccc2ccccc23)c1. The van der Waals surface area contributed by atoms with Gasteiger partial charge in [-0.3, -0.25) is 0 Å². The second-order valence-electron chi connectivity index (χ2n) is 11.5. The monoisotopic (exact) mass is 557 g/mol. The zero-order chi connectivity index (χ0) is 29.0. The first-order valence-electron chi connectivity index (χ1n) is 15.1. The van der Waals surface area contributed by atoms with E-state index in [4.69, 9.17) is 4.98 Å². The fourth-order valence-electron chi connectivity index (χ4n) is 7.05. The molecule has 1 nitrogen and oxygen atoms in total. The van der Waals surface area contributed by atoms with Crippen LogP contribution < -0.4 is 0 Å². The molecule has 0 aliphatic heterocycles. The van der Waals surface area contributed by atoms with Crippen molar-refractivity contribution in [1.29, 1.82) is 0 Å². The van der Waals surface area contributed by atoms with E-state index in [0.29, 0.717) is 0 Å². The highest BCUT2D eigenvalue weighted by Crippen LogP contribution is 2.44. The van der Waals surface area contributed by atoms with Crippen LogP contribution in [-0.4, -0.2) is 4.98 Å². The lowest BCUT2D eigenvalue weighted by atomic mass is 9.86. The van der Waals surface area contributed by atoms with Crippen molar-refractivity contribution in [3.8, 4) is 33.6 Å². The number of benzene rings is 8. The first-order chi connectivity index (χ1) is 21.8. The Morgan fingerprint density at radius 1 is 0.295 bits per heavy atom. The van der Waals surface area contributed by atoms with Crippen LogP contribution in [0.1, 0.15) is 0 Å². The lowest BCUT2D eigenvalue weighted by Gasteiger charge is -2.18. The predicted molar refractivity (Wildman–Crippen MR) is 188 cm³/mol. The molecular formula is C43H27N. The molecule has 0 bridgehead atoms. The number of aromatic nitrogens is 1. The van der Waals surface area contributed by atoms with Gasteiger partial charge in [-0.05, 0) is 83.2 Å². The van der Waals surface area contributed by atoms with E-state index in [0.717, 1.165) is 17.0 Å². The van der Waals surface area contributed by atoms with Gasteiger partial charge in [-0.25, -0.2) is 4.98 Å². The van der Waals surface area contributed by atoms with Crippen molar-refractivity contribution in [2.24, 2.45) is 0 Å². The molecule has 0 spiro atoms. The van der Waals surface area contributed by atoms with Gasteiger partial charge in [-0.15, -0.1) is 0 Å². The van der Waals surface area contributed by atoms with Crippen LogP contribution in [0.4, 0.5) is 0 Å². The number of hydrogen-bond donors (Lipinski definition) is 0. The Labute approximate surface area is 255 Å². The van der Waals surface area contributed by atoms with Gasteiger partial charge in [0.1, 0.15) is 0 Å². The van der Waals surface area contributed by atoms with E-state index in [1.165, 1.54) is 70.6 Å². The Morgan fingerprint density at radius 2 is 0.841 bits per heavy atom. The van der Waals surface area contributed by atoms with Crippen molar-refractivity contribution in [1.82, 2.24) is 4.98 Å². The third-order valence-corrected chi connectivity index (χ3v) is 9.04. The van der Waals surface area contributed by atoms with E-state index >= 15 is 0 Å². The van der Waals surface area contributed by atoms with Gasteiger partial charge >= 0.3 is 0 Å². The third kappa shape index (κ3) is 3.83. The summed E-state index contributed by atoms with van der Waals surface area (Å²) in [4.78, 5) is 5.39. The molecule has 9 aromatic rings. The smallest absolute Gasteiger partial charge is 0.0722 e. The minimum absolute atomic E-state index is 0.982. The third-order valence-electron chi connectivity index (χ3n) is 9.04. The molecule has 0 saturated carbocycles. The number of pyridine rings is 1. The zero-order valence-corrected chi connectivity index (χ0v) is 24.0. The number of fused-ring (bicyclic) bond motifs is 6. The van der Waals surface area contributed by atoms with Gasteiger partial charge in [0.05, 0.1) is 11.4 Å². The summed E-state index contributed by atoms with van der Waals surface area (Å²) in [6, 6.07) is 59.1. The summed E-state index contributed by atoms with van der Waals surface area (Å²) < 4.78 is 0. The van der Waals surface area contributed by atoms with Crippen LogP contribution in [0.3, 0.4) is 0 Å². The second kappa shape index (κ2) is 9.90. The minimum Gasteiger partial charge on any atom is -0.248 e. The molecule has 0 unspecified atom stereocenters. The Balaban J connectivity index is 1.30. The van der Waals surface area contributed by atoms with E-state index in [2.05, 4.69) is 164 Å². The molecule has 1 heteroatoms. The fourth-order valence-corrected chi connectivity index (χ4v) is 7.05. The van der Waals surface area contributed by atoms with Crippen molar-refractivity contribution in [3.05, 3.63) is 164 Å². The minimum atomic E-state index is 0.982. The van der Waals surface area contributed by atoms with Gasteiger partial charge in [0, 0.05) is 11.1 Å². The molecule has 0 aliphatic rings. The highest BCUT2D eigenvalue weighted by Gasteiger charge is 2.18. The molecular weight excluding hydrogens is 530 g/mol. The zero-order valence-electron chi connectivity index (χ0n) is 24.0. The topological polar surface area (TPSA) is 12.9 Å². The van der Waals surface area contributed by atoms with Crippen LogP contribution in [0.15, 0.2) is 164 Å². The predicted octanol–water partition coefficient (Wildman–Crippen LogP) is 11.8.